The number of nitrogens with zero attached hydrogens (tertiary/aromatic N) is 1. The van der Waals surface area contributed by atoms with E-state index in [1.54, 1.807) is 0 Å². The molecule has 1 aromatic carbocycles. The molecule has 0 saturated carbocycles. The van der Waals surface area contributed by atoms with Crippen LogP contribution in [0.25, 0.3) is 0 Å². The highest BCUT2D eigenvalue weighted by atomic mass is 16.5. The summed E-state index contributed by atoms with van der Waals surface area (Å²) >= 11 is 0. The minimum Gasteiger partial charge on any atom is -0.376 e. The van der Waals surface area contributed by atoms with Gasteiger partial charge in [0.2, 0.25) is 0 Å². The van der Waals surface area contributed by atoms with Crippen molar-refractivity contribution in [3.05, 3.63) is 59.9 Å². The zero-order valence-corrected chi connectivity index (χ0v) is 11.9. The van der Waals surface area contributed by atoms with Crippen molar-refractivity contribution < 1.29 is 4.74 Å². The molecule has 1 atom stereocenters. The van der Waals surface area contributed by atoms with Crippen LogP contribution in [0.4, 0.5) is 0 Å². The molecule has 2 rings (SSSR count). The summed E-state index contributed by atoms with van der Waals surface area (Å²) in [5.74, 6) is 0. The van der Waals surface area contributed by atoms with Crippen LogP contribution in [0.15, 0.2) is 48.7 Å². The van der Waals surface area contributed by atoms with Crippen LogP contribution in [0.3, 0.4) is 0 Å². The van der Waals surface area contributed by atoms with E-state index in [2.05, 4.69) is 48.9 Å². The third kappa shape index (κ3) is 3.97. The van der Waals surface area contributed by atoms with E-state index in [4.69, 9.17) is 4.74 Å². The molecule has 0 spiro atoms. The van der Waals surface area contributed by atoms with Gasteiger partial charge in [-0.1, -0.05) is 37.3 Å². The summed E-state index contributed by atoms with van der Waals surface area (Å²) < 4.78 is 8.10. The molecule has 0 N–H and O–H groups in total. The standard InChI is InChI=1S/C17H23NO/c1-3-15(2)18-12-7-10-17(18)11-13-19-14-16-8-5-4-6-9-16/h4-10,12,15H,3,11,13-14H2,1-2H3/t15-/m0/s1. The molecule has 102 valence electrons. The van der Waals surface area contributed by atoms with E-state index in [0.717, 1.165) is 19.4 Å². The summed E-state index contributed by atoms with van der Waals surface area (Å²) in [6.07, 6.45) is 4.30. The van der Waals surface area contributed by atoms with Gasteiger partial charge in [-0.2, -0.15) is 0 Å². The number of benzene rings is 1. The lowest BCUT2D eigenvalue weighted by molar-refractivity contribution is 0.122. The average molecular weight is 257 g/mol. The van der Waals surface area contributed by atoms with Crippen molar-refractivity contribution in [2.45, 2.75) is 39.3 Å². The summed E-state index contributed by atoms with van der Waals surface area (Å²) in [6, 6.07) is 15.2. The highest BCUT2D eigenvalue weighted by Gasteiger charge is 2.06. The number of aromatic nitrogens is 1. The summed E-state index contributed by atoms with van der Waals surface area (Å²) in [6.45, 7) is 5.95. The quantitative estimate of drug-likeness (QED) is 0.677. The zero-order valence-electron chi connectivity index (χ0n) is 11.9. The molecule has 1 aromatic heterocycles. The van der Waals surface area contributed by atoms with Crippen LogP contribution in [0.5, 0.6) is 0 Å². The molecule has 1 heterocycles. The van der Waals surface area contributed by atoms with Gasteiger partial charge in [-0.05, 0) is 31.0 Å². The van der Waals surface area contributed by atoms with Crippen LogP contribution in [-0.4, -0.2) is 11.2 Å². The van der Waals surface area contributed by atoms with Crippen LogP contribution in [-0.2, 0) is 17.8 Å². The summed E-state index contributed by atoms with van der Waals surface area (Å²) in [5.41, 5.74) is 2.60. The minimum atomic E-state index is 0.569. The van der Waals surface area contributed by atoms with E-state index >= 15 is 0 Å². The van der Waals surface area contributed by atoms with Gasteiger partial charge in [-0.3, -0.25) is 0 Å². The van der Waals surface area contributed by atoms with E-state index < -0.39 is 0 Å². The maximum Gasteiger partial charge on any atom is 0.0717 e. The monoisotopic (exact) mass is 257 g/mol. The second-order valence-corrected chi connectivity index (χ2v) is 4.95. The Balaban J connectivity index is 1.78. The van der Waals surface area contributed by atoms with Crippen molar-refractivity contribution in [3.8, 4) is 0 Å². The molecule has 0 aliphatic carbocycles. The Morgan fingerprint density at radius 1 is 1.11 bits per heavy atom. The largest absolute Gasteiger partial charge is 0.376 e. The number of ether oxygens (including phenoxy) is 1. The normalized spacial score (nSPS) is 12.5. The fraction of sp³-hybridized carbons (Fsp3) is 0.412. The molecule has 0 amide bonds. The van der Waals surface area contributed by atoms with Crippen molar-refractivity contribution in [3.63, 3.8) is 0 Å². The predicted octanol–water partition coefficient (Wildman–Crippen LogP) is 4.22. The third-order valence-electron chi connectivity index (χ3n) is 3.55. The molecule has 0 saturated heterocycles. The third-order valence-corrected chi connectivity index (χ3v) is 3.55. The van der Waals surface area contributed by atoms with Crippen molar-refractivity contribution in [1.82, 2.24) is 4.57 Å². The van der Waals surface area contributed by atoms with Crippen LogP contribution >= 0.6 is 0 Å². The molecule has 0 fully saturated rings. The Morgan fingerprint density at radius 2 is 1.89 bits per heavy atom. The first-order valence-electron chi connectivity index (χ1n) is 7.08. The van der Waals surface area contributed by atoms with Crippen LogP contribution < -0.4 is 0 Å². The van der Waals surface area contributed by atoms with Gasteiger partial charge in [0, 0.05) is 24.4 Å². The maximum atomic E-state index is 5.75. The first-order chi connectivity index (χ1) is 9.31. The molecule has 0 bridgehead atoms. The average Bonchev–Trinajstić information content (AvgIpc) is 2.92. The Bertz CT molecular complexity index is 475. The van der Waals surface area contributed by atoms with E-state index in [1.165, 1.54) is 11.3 Å². The van der Waals surface area contributed by atoms with Crippen molar-refractivity contribution >= 4 is 0 Å². The van der Waals surface area contributed by atoms with Gasteiger partial charge >= 0.3 is 0 Å². The molecule has 2 aromatic rings. The molecule has 0 aliphatic rings. The number of hydrogen-bond donors (Lipinski definition) is 0. The Kier molecular flexibility index (Phi) is 5.22. The van der Waals surface area contributed by atoms with Crippen LogP contribution in [0.1, 0.15) is 37.6 Å². The topological polar surface area (TPSA) is 14.2 Å². The fourth-order valence-corrected chi connectivity index (χ4v) is 2.21. The van der Waals surface area contributed by atoms with Gasteiger partial charge in [0.1, 0.15) is 0 Å². The van der Waals surface area contributed by atoms with Gasteiger partial charge in [-0.25, -0.2) is 0 Å². The van der Waals surface area contributed by atoms with Gasteiger partial charge in [-0.15, -0.1) is 0 Å². The molecule has 0 unspecified atom stereocenters. The van der Waals surface area contributed by atoms with Gasteiger partial charge < -0.3 is 9.30 Å². The Labute approximate surface area is 116 Å². The van der Waals surface area contributed by atoms with E-state index in [9.17, 15) is 0 Å². The molecule has 2 heteroatoms. The first kappa shape index (κ1) is 13.9. The lowest BCUT2D eigenvalue weighted by Crippen LogP contribution is -2.09. The number of hydrogen-bond acceptors (Lipinski definition) is 1. The van der Waals surface area contributed by atoms with Crippen LogP contribution in [0.2, 0.25) is 0 Å². The minimum absolute atomic E-state index is 0.569. The van der Waals surface area contributed by atoms with Gasteiger partial charge in [0.05, 0.1) is 13.2 Å². The molecule has 0 aliphatic heterocycles. The predicted molar refractivity (Wildman–Crippen MR) is 79.2 cm³/mol. The molecule has 19 heavy (non-hydrogen) atoms. The second kappa shape index (κ2) is 7.15. The van der Waals surface area contributed by atoms with E-state index in [-0.39, 0.29) is 0 Å². The highest BCUT2D eigenvalue weighted by molar-refractivity contribution is 5.13. The van der Waals surface area contributed by atoms with Crippen molar-refractivity contribution in [1.29, 1.82) is 0 Å². The molecular formula is C17H23NO. The fourth-order valence-electron chi connectivity index (χ4n) is 2.21. The zero-order chi connectivity index (χ0) is 13.5. The Hall–Kier alpha value is -1.54. The SMILES string of the molecule is CC[C@H](C)n1cccc1CCOCc1ccccc1. The summed E-state index contributed by atoms with van der Waals surface area (Å²) in [7, 11) is 0. The van der Waals surface area contributed by atoms with Crippen LogP contribution in [0, 0.1) is 0 Å². The lowest BCUT2D eigenvalue weighted by Gasteiger charge is -2.15. The van der Waals surface area contributed by atoms with Crippen molar-refractivity contribution in [2.75, 3.05) is 6.61 Å². The summed E-state index contributed by atoms with van der Waals surface area (Å²) in [5, 5.41) is 0. The number of rotatable bonds is 7. The molecule has 0 radical (unpaired) electrons. The van der Waals surface area contributed by atoms with E-state index in [0.29, 0.717) is 12.6 Å². The smallest absolute Gasteiger partial charge is 0.0717 e. The lowest BCUT2D eigenvalue weighted by atomic mass is 10.2. The summed E-state index contributed by atoms with van der Waals surface area (Å²) in [4.78, 5) is 0. The van der Waals surface area contributed by atoms with Crippen molar-refractivity contribution in [2.24, 2.45) is 0 Å². The van der Waals surface area contributed by atoms with Gasteiger partial charge in [0.25, 0.3) is 0 Å². The first-order valence-corrected chi connectivity index (χ1v) is 7.08. The van der Waals surface area contributed by atoms with Gasteiger partial charge in [0.15, 0.2) is 0 Å². The molecular weight excluding hydrogens is 234 g/mol. The molecule has 2 nitrogen and oxygen atoms in total. The highest BCUT2D eigenvalue weighted by Crippen LogP contribution is 2.15. The van der Waals surface area contributed by atoms with E-state index in [1.807, 2.05) is 18.2 Å². The maximum absolute atomic E-state index is 5.75. The Morgan fingerprint density at radius 3 is 2.63 bits per heavy atom. The second-order valence-electron chi connectivity index (χ2n) is 4.95.